The average molecular weight is 1110 g/mol. The van der Waals surface area contributed by atoms with Crippen molar-refractivity contribution >= 4 is 41.4 Å². The Labute approximate surface area is 468 Å². The van der Waals surface area contributed by atoms with Gasteiger partial charge in [0.25, 0.3) is 17.7 Å². The van der Waals surface area contributed by atoms with Gasteiger partial charge >= 0.3 is 5.97 Å². The van der Waals surface area contributed by atoms with E-state index in [0.717, 1.165) is 80.2 Å². The van der Waals surface area contributed by atoms with Gasteiger partial charge in [0.05, 0.1) is 59.2 Å². The molecule has 4 aromatic carbocycles. The van der Waals surface area contributed by atoms with E-state index in [9.17, 15) is 33.6 Å². The monoisotopic (exact) mass is 1100 g/mol. The third-order valence-corrected chi connectivity index (χ3v) is 15.0. The minimum Gasteiger partial charge on any atom is -0.493 e. The lowest BCUT2D eigenvalue weighted by atomic mass is 9.91. The molecule has 1 unspecified atom stereocenters. The molecule has 2 saturated heterocycles. The van der Waals surface area contributed by atoms with Crippen molar-refractivity contribution in [1.29, 1.82) is 0 Å². The molecule has 0 spiro atoms. The summed E-state index contributed by atoms with van der Waals surface area (Å²) < 4.78 is 46.0. The highest BCUT2D eigenvalue weighted by Crippen LogP contribution is 2.42. The van der Waals surface area contributed by atoms with Gasteiger partial charge in [0, 0.05) is 19.5 Å². The minimum absolute atomic E-state index is 0.0531. The molecule has 0 aromatic heterocycles. The van der Waals surface area contributed by atoms with Crippen LogP contribution in [0.15, 0.2) is 72.8 Å². The van der Waals surface area contributed by atoms with Crippen LogP contribution in [0.5, 0.6) is 40.2 Å². The highest BCUT2D eigenvalue weighted by molar-refractivity contribution is 6.24. The lowest BCUT2D eigenvalue weighted by Crippen LogP contribution is -2.54. The van der Waals surface area contributed by atoms with E-state index in [1.807, 2.05) is 37.3 Å². The number of unbranched alkanes of at least 4 members (excludes halogenated alkanes) is 7. The van der Waals surface area contributed by atoms with E-state index in [2.05, 4.69) is 10.6 Å². The summed E-state index contributed by atoms with van der Waals surface area (Å²) in [5.74, 6) is -0.424. The van der Waals surface area contributed by atoms with Gasteiger partial charge in [-0.1, -0.05) is 69.7 Å². The van der Waals surface area contributed by atoms with Gasteiger partial charge in [0.1, 0.15) is 29.7 Å². The van der Waals surface area contributed by atoms with Gasteiger partial charge in [-0.15, -0.1) is 0 Å². The van der Waals surface area contributed by atoms with Crippen LogP contribution in [-0.2, 0) is 35.1 Å². The van der Waals surface area contributed by atoms with E-state index >= 15 is 0 Å². The predicted molar refractivity (Wildman–Crippen MR) is 296 cm³/mol. The Morgan fingerprint density at radius 2 is 1.38 bits per heavy atom. The molecule has 19 heteroatoms. The van der Waals surface area contributed by atoms with Gasteiger partial charge < -0.3 is 48.1 Å². The molecule has 4 aromatic rings. The Bertz CT molecular complexity index is 2790. The fourth-order valence-electron chi connectivity index (χ4n) is 10.6. The number of amides is 6. The van der Waals surface area contributed by atoms with Crippen LogP contribution in [0.2, 0.25) is 0 Å². The molecule has 430 valence electrons. The molecule has 0 aliphatic carbocycles. The molecule has 0 saturated carbocycles. The van der Waals surface area contributed by atoms with Crippen molar-refractivity contribution in [2.24, 2.45) is 0 Å². The zero-order valence-electron chi connectivity index (χ0n) is 46.9. The molecule has 0 radical (unpaired) electrons. The Balaban J connectivity index is 0.844. The first kappa shape index (κ1) is 59.8. The first-order valence-electron chi connectivity index (χ1n) is 27.8. The molecule has 3 heterocycles. The van der Waals surface area contributed by atoms with Crippen LogP contribution < -0.4 is 43.8 Å². The van der Waals surface area contributed by atoms with E-state index < -0.39 is 53.7 Å². The van der Waals surface area contributed by atoms with E-state index in [0.29, 0.717) is 91.2 Å². The second-order valence-corrected chi connectivity index (χ2v) is 20.1. The number of nitrogens with one attached hydrogen (secondary N) is 2. The normalized spacial score (nSPS) is 16.7. The number of carbonyl (C=O) groups is 7. The SMILES string of the molecule is CC[C@H](C(=O)N1CCCC[C@H]1C(=O)O[C@H](CCc1ccc(OC)c(OC)c1)c1ccc(OCC(=O)NCCCCCCCCCCOc2cccc3c2C(=O)N(C2CCC(=O)NC2=O)C3=O)cc1)c1cc(OC)c(OC)c(OC)c1. The van der Waals surface area contributed by atoms with Crippen LogP contribution in [0.1, 0.15) is 153 Å². The lowest BCUT2D eigenvalue weighted by Gasteiger charge is -2.37. The third kappa shape index (κ3) is 14.9. The summed E-state index contributed by atoms with van der Waals surface area (Å²) in [6.45, 7) is 3.08. The Morgan fingerprint density at radius 1 is 0.688 bits per heavy atom. The highest BCUT2D eigenvalue weighted by atomic mass is 16.5. The summed E-state index contributed by atoms with van der Waals surface area (Å²) in [4.78, 5) is 94.8. The fraction of sp³-hybridized carbons (Fsp3) is 0.492. The number of fused-ring (bicyclic) bond motifs is 1. The van der Waals surface area contributed by atoms with Gasteiger partial charge in [-0.2, -0.15) is 0 Å². The van der Waals surface area contributed by atoms with Crippen molar-refractivity contribution in [1.82, 2.24) is 20.4 Å². The largest absolute Gasteiger partial charge is 0.493 e. The minimum atomic E-state index is -1.03. The average Bonchev–Trinajstić information content (AvgIpc) is 3.76. The van der Waals surface area contributed by atoms with Crippen molar-refractivity contribution in [3.63, 3.8) is 0 Å². The number of hydrogen-bond donors (Lipinski definition) is 2. The van der Waals surface area contributed by atoms with Crippen LogP contribution in [0, 0.1) is 0 Å². The number of piperidine rings is 2. The van der Waals surface area contributed by atoms with Gasteiger partial charge in [0.15, 0.2) is 29.6 Å². The number of carbonyl (C=O) groups excluding carboxylic acids is 7. The summed E-state index contributed by atoms with van der Waals surface area (Å²) in [5.41, 5.74) is 2.72. The number of hydrogen-bond acceptors (Lipinski definition) is 15. The van der Waals surface area contributed by atoms with E-state index in [4.69, 9.17) is 37.9 Å². The number of benzene rings is 4. The Kier molecular flexibility index (Phi) is 22.0. The number of aryl methyl sites for hydroxylation is 1. The number of rotatable bonds is 30. The first-order valence-corrected chi connectivity index (χ1v) is 27.8. The van der Waals surface area contributed by atoms with Crippen molar-refractivity contribution in [3.8, 4) is 40.2 Å². The van der Waals surface area contributed by atoms with E-state index in [1.54, 1.807) is 61.6 Å². The van der Waals surface area contributed by atoms with Gasteiger partial charge in [0.2, 0.25) is 23.5 Å². The van der Waals surface area contributed by atoms with Crippen LogP contribution in [0.4, 0.5) is 0 Å². The molecular formula is C61H76N4O15. The summed E-state index contributed by atoms with van der Waals surface area (Å²) in [5, 5.41) is 5.15. The number of esters is 1. The summed E-state index contributed by atoms with van der Waals surface area (Å²) in [6.07, 6.45) is 10.5. The molecule has 3 aliphatic heterocycles. The van der Waals surface area contributed by atoms with E-state index in [-0.39, 0.29) is 42.4 Å². The Morgan fingerprint density at radius 3 is 2.04 bits per heavy atom. The Hall–Kier alpha value is -7.83. The zero-order valence-corrected chi connectivity index (χ0v) is 46.9. The maximum Gasteiger partial charge on any atom is 0.329 e. The number of likely N-dealkylation sites (tertiary alicyclic amines) is 1. The number of ether oxygens (including phenoxy) is 8. The molecular weight excluding hydrogens is 1030 g/mol. The first-order chi connectivity index (χ1) is 38.8. The topological polar surface area (TPSA) is 224 Å². The molecule has 4 atom stereocenters. The third-order valence-electron chi connectivity index (χ3n) is 15.0. The van der Waals surface area contributed by atoms with Crippen LogP contribution in [0.3, 0.4) is 0 Å². The molecule has 80 heavy (non-hydrogen) atoms. The second-order valence-electron chi connectivity index (χ2n) is 20.1. The molecule has 0 bridgehead atoms. The zero-order chi connectivity index (χ0) is 57.1. The molecule has 19 nitrogen and oxygen atoms in total. The van der Waals surface area contributed by atoms with Gasteiger partial charge in [-0.05, 0) is 123 Å². The lowest BCUT2D eigenvalue weighted by molar-refractivity contribution is -0.162. The summed E-state index contributed by atoms with van der Waals surface area (Å²) in [7, 11) is 7.75. The molecule has 7 rings (SSSR count). The van der Waals surface area contributed by atoms with Crippen LogP contribution >= 0.6 is 0 Å². The summed E-state index contributed by atoms with van der Waals surface area (Å²) >= 11 is 0. The standard InChI is InChI=1S/C61H76N4O15/c1-7-43(41-36-51(75-4)56(77-6)52(37-41)76-5)58(69)64-33-16-14-20-46(64)61(72)80-47(29-22-39-23-30-48(73-2)50(35-39)74-3)40-24-26-42(27-25-40)79-38-54(67)62-32-15-12-10-8-9-11-13-17-34-78-49-21-18-19-44-55(49)60(71)65(59(44)70)45-28-31-53(66)63-57(45)68/h18-19,21,23-27,30,35-37,43,45-47H,7-17,20,22,28-29,31-34,38H2,1-6H3,(H,62,67)(H,63,66,68)/t43-,45?,46-,47+/m0/s1. The van der Waals surface area contributed by atoms with Gasteiger partial charge in [-0.25, -0.2) is 4.79 Å². The molecule has 3 aliphatic rings. The molecule has 2 fully saturated rings. The predicted octanol–water partition coefficient (Wildman–Crippen LogP) is 8.62. The van der Waals surface area contributed by atoms with Crippen molar-refractivity contribution in [3.05, 3.63) is 101 Å². The quantitative estimate of drug-likeness (QED) is 0.0283. The highest BCUT2D eigenvalue weighted by Gasteiger charge is 2.46. The maximum absolute atomic E-state index is 14.5. The van der Waals surface area contributed by atoms with Crippen molar-refractivity contribution in [2.45, 2.75) is 134 Å². The molecule has 2 N–H and O–H groups in total. The van der Waals surface area contributed by atoms with Crippen molar-refractivity contribution in [2.75, 3.05) is 61.9 Å². The fourth-order valence-corrected chi connectivity index (χ4v) is 10.6. The maximum atomic E-state index is 14.5. The second kappa shape index (κ2) is 29.4. The van der Waals surface area contributed by atoms with Gasteiger partial charge in [-0.3, -0.25) is 39.0 Å². The number of nitrogens with zero attached hydrogens (tertiary/aromatic N) is 2. The number of methoxy groups -OCH3 is 5. The van der Waals surface area contributed by atoms with Crippen LogP contribution in [0.25, 0.3) is 0 Å². The number of imide groups is 2. The van der Waals surface area contributed by atoms with Crippen LogP contribution in [-0.4, -0.2) is 125 Å². The van der Waals surface area contributed by atoms with Crippen molar-refractivity contribution < 1.29 is 71.5 Å². The van der Waals surface area contributed by atoms with E-state index in [1.165, 1.54) is 21.3 Å². The smallest absolute Gasteiger partial charge is 0.329 e. The molecule has 6 amide bonds. The summed E-state index contributed by atoms with van der Waals surface area (Å²) in [6, 6.07) is 19.5.